The molecule has 0 saturated heterocycles. The number of hydrogen-bond donors (Lipinski definition) is 3. The molecule has 0 saturated carbocycles. The molecule has 8 atom stereocenters. The molecule has 0 aromatic rings. The number of rotatable bonds is 73. The van der Waals surface area contributed by atoms with Crippen molar-refractivity contribution in [1.82, 2.24) is 0 Å². The Morgan fingerprint density at radius 2 is 0.511 bits per heavy atom. The van der Waals surface area contributed by atoms with E-state index in [1.165, 1.54) is 193 Å². The predicted molar refractivity (Wildman–Crippen MR) is 381 cm³/mol. The molecule has 0 aliphatic heterocycles. The average Bonchev–Trinajstić information content (AvgIpc) is 1.31. The van der Waals surface area contributed by atoms with Gasteiger partial charge in [-0.1, -0.05) is 331 Å². The molecule has 5 unspecified atom stereocenters. The van der Waals surface area contributed by atoms with Gasteiger partial charge in [0.1, 0.15) is 19.3 Å². The number of aliphatic hydroxyl groups excluding tert-OH is 1. The summed E-state index contributed by atoms with van der Waals surface area (Å²) < 4.78 is 68.5. The Morgan fingerprint density at radius 3 is 0.755 bits per heavy atom. The van der Waals surface area contributed by atoms with Gasteiger partial charge in [-0.05, 0) is 43.4 Å². The molecule has 0 aliphatic carbocycles. The molecular weight excluding hydrogens is 1230 g/mol. The van der Waals surface area contributed by atoms with Crippen LogP contribution >= 0.6 is 15.6 Å². The van der Waals surface area contributed by atoms with E-state index in [9.17, 15) is 43.2 Å². The van der Waals surface area contributed by atoms with Crippen LogP contribution in [-0.4, -0.2) is 96.7 Å². The first-order valence-corrected chi connectivity index (χ1v) is 42.0. The number of phosphoric ester groups is 2. The zero-order chi connectivity index (χ0) is 69.4. The Bertz CT molecular complexity index is 1840. The summed E-state index contributed by atoms with van der Waals surface area (Å²) in [6.45, 7) is 12.0. The zero-order valence-corrected chi connectivity index (χ0v) is 63.2. The molecule has 0 heterocycles. The minimum absolute atomic E-state index is 0.106. The van der Waals surface area contributed by atoms with E-state index in [0.29, 0.717) is 25.7 Å². The molecule has 0 radical (unpaired) electrons. The maximum absolute atomic E-state index is 13.1. The van der Waals surface area contributed by atoms with Crippen molar-refractivity contribution in [3.63, 3.8) is 0 Å². The lowest BCUT2D eigenvalue weighted by Gasteiger charge is -2.21. The lowest BCUT2D eigenvalue weighted by Crippen LogP contribution is -2.30. The van der Waals surface area contributed by atoms with Crippen molar-refractivity contribution in [2.24, 2.45) is 17.8 Å². The summed E-state index contributed by atoms with van der Waals surface area (Å²) >= 11 is 0. The molecule has 0 bridgehead atoms. The molecule has 0 aliphatic rings. The second kappa shape index (κ2) is 65.7. The van der Waals surface area contributed by atoms with Crippen molar-refractivity contribution in [3.8, 4) is 0 Å². The number of carbonyl (C=O) groups is 4. The quantitative estimate of drug-likeness (QED) is 0.0222. The number of phosphoric acid groups is 2. The minimum atomic E-state index is -4.96. The third kappa shape index (κ3) is 64.7. The van der Waals surface area contributed by atoms with Gasteiger partial charge in [-0.2, -0.15) is 0 Å². The Kier molecular flexibility index (Phi) is 64.3. The van der Waals surface area contributed by atoms with Crippen LogP contribution in [0.1, 0.15) is 382 Å². The lowest BCUT2D eigenvalue weighted by molar-refractivity contribution is -0.161. The highest BCUT2D eigenvalue weighted by atomic mass is 31.2. The molecule has 0 aromatic heterocycles. The summed E-state index contributed by atoms with van der Waals surface area (Å²) in [5, 5.41) is 10.6. The summed E-state index contributed by atoms with van der Waals surface area (Å²) in [7, 11) is -9.91. The highest BCUT2D eigenvalue weighted by Gasteiger charge is 2.30. The highest BCUT2D eigenvalue weighted by Crippen LogP contribution is 2.45. The Hall–Kier alpha value is -1.94. The predicted octanol–water partition coefficient (Wildman–Crippen LogP) is 21.8. The third-order valence-electron chi connectivity index (χ3n) is 18.5. The monoisotopic (exact) mass is 1380 g/mol. The molecule has 19 heteroatoms. The third-order valence-corrected chi connectivity index (χ3v) is 20.4. The summed E-state index contributed by atoms with van der Waals surface area (Å²) in [6.07, 6.45) is 50.9. The van der Waals surface area contributed by atoms with E-state index in [-0.39, 0.29) is 25.7 Å². The van der Waals surface area contributed by atoms with E-state index in [0.717, 1.165) is 108 Å². The number of unbranched alkanes of at least 4 members (excludes halogenated alkanes) is 38. The standard InChI is InChI=1S/C75H146O17P2/c1-8-12-13-14-15-16-17-18-28-35-42-49-56-72(77)85-62-70(91-74(79)58-51-44-37-30-23-20-26-33-40-47-54-67(6)10-3)64-89-93(81,82)87-60-69(76)61-88-94(83,84)90-65-71(92-75(80)59-52-45-38-31-24-21-27-34-41-48-55-68(7)11-4)63-86-73(78)57-50-43-36-29-22-19-25-32-39-46-53-66(5)9-2/h66-71,76H,8-65H2,1-7H3,(H,81,82)(H,83,84)/t66?,67?,68?,69-,70+,71+/m0/s1. The van der Waals surface area contributed by atoms with Gasteiger partial charge in [0, 0.05) is 25.7 Å². The number of carbonyl (C=O) groups excluding carboxylic acids is 4. The summed E-state index contributed by atoms with van der Waals surface area (Å²) in [5.41, 5.74) is 0. The molecule has 17 nitrogen and oxygen atoms in total. The molecule has 0 spiro atoms. The number of ether oxygens (including phenoxy) is 4. The molecule has 0 fully saturated rings. The second-order valence-electron chi connectivity index (χ2n) is 27.8. The van der Waals surface area contributed by atoms with Crippen molar-refractivity contribution in [3.05, 3.63) is 0 Å². The fraction of sp³-hybridized carbons (Fsp3) is 0.947. The van der Waals surface area contributed by atoms with Crippen LogP contribution in [0.5, 0.6) is 0 Å². The van der Waals surface area contributed by atoms with E-state index < -0.39 is 97.5 Å². The zero-order valence-electron chi connectivity index (χ0n) is 61.4. The van der Waals surface area contributed by atoms with Crippen LogP contribution in [0.3, 0.4) is 0 Å². The Morgan fingerprint density at radius 1 is 0.298 bits per heavy atom. The van der Waals surface area contributed by atoms with Crippen molar-refractivity contribution in [1.29, 1.82) is 0 Å². The SMILES string of the molecule is CCCCCCCCCCCCCCC(=O)OC[C@H](COP(=O)(O)OC[C@H](O)COP(=O)(O)OC[C@@H](COC(=O)CCCCCCCCCCCCC(C)CC)OC(=O)CCCCCCCCCCCCC(C)CC)OC(=O)CCCCCCCCCCCCC(C)CC. The van der Waals surface area contributed by atoms with Crippen LogP contribution in [0.4, 0.5) is 0 Å². The largest absolute Gasteiger partial charge is 0.472 e. The van der Waals surface area contributed by atoms with E-state index in [2.05, 4.69) is 48.5 Å². The van der Waals surface area contributed by atoms with Crippen LogP contribution in [0.25, 0.3) is 0 Å². The van der Waals surface area contributed by atoms with Crippen LogP contribution < -0.4 is 0 Å². The Labute approximate surface area is 575 Å². The van der Waals surface area contributed by atoms with Crippen LogP contribution in [0.2, 0.25) is 0 Å². The summed E-state index contributed by atoms with van der Waals surface area (Å²) in [4.78, 5) is 72.8. The summed E-state index contributed by atoms with van der Waals surface area (Å²) in [6, 6.07) is 0. The maximum Gasteiger partial charge on any atom is 0.472 e. The van der Waals surface area contributed by atoms with Gasteiger partial charge in [-0.25, -0.2) is 9.13 Å². The molecular formula is C75H146O17P2. The maximum atomic E-state index is 13.1. The normalized spacial score (nSPS) is 15.0. The van der Waals surface area contributed by atoms with Gasteiger partial charge in [0.25, 0.3) is 0 Å². The fourth-order valence-corrected chi connectivity index (χ4v) is 12.9. The van der Waals surface area contributed by atoms with E-state index >= 15 is 0 Å². The first-order valence-electron chi connectivity index (χ1n) is 39.0. The molecule has 0 amide bonds. The Balaban J connectivity index is 5.29. The molecule has 0 aromatic carbocycles. The lowest BCUT2D eigenvalue weighted by atomic mass is 9.99. The highest BCUT2D eigenvalue weighted by molar-refractivity contribution is 7.47. The fourth-order valence-electron chi connectivity index (χ4n) is 11.3. The number of hydrogen-bond acceptors (Lipinski definition) is 15. The van der Waals surface area contributed by atoms with Gasteiger partial charge in [0.15, 0.2) is 12.2 Å². The second-order valence-corrected chi connectivity index (χ2v) is 30.7. The average molecular weight is 1380 g/mol. The van der Waals surface area contributed by atoms with E-state index in [1.807, 2.05) is 0 Å². The van der Waals surface area contributed by atoms with Gasteiger partial charge in [-0.3, -0.25) is 37.3 Å². The van der Waals surface area contributed by atoms with Crippen molar-refractivity contribution in [2.45, 2.75) is 401 Å². The molecule has 94 heavy (non-hydrogen) atoms. The van der Waals surface area contributed by atoms with Gasteiger partial charge in [-0.15, -0.1) is 0 Å². The van der Waals surface area contributed by atoms with Crippen LogP contribution in [0.15, 0.2) is 0 Å². The van der Waals surface area contributed by atoms with Crippen molar-refractivity contribution < 1.29 is 80.2 Å². The van der Waals surface area contributed by atoms with E-state index in [1.54, 1.807) is 0 Å². The van der Waals surface area contributed by atoms with Crippen LogP contribution in [-0.2, 0) is 65.4 Å². The smallest absolute Gasteiger partial charge is 0.462 e. The molecule has 558 valence electrons. The van der Waals surface area contributed by atoms with Gasteiger partial charge < -0.3 is 33.8 Å². The topological polar surface area (TPSA) is 237 Å². The van der Waals surface area contributed by atoms with Crippen molar-refractivity contribution >= 4 is 39.5 Å². The molecule has 0 rings (SSSR count). The number of esters is 4. The minimum Gasteiger partial charge on any atom is -0.462 e. The first kappa shape index (κ1) is 92.1. The summed E-state index contributed by atoms with van der Waals surface area (Å²) in [5.74, 6) is 0.298. The van der Waals surface area contributed by atoms with Crippen LogP contribution in [0, 0.1) is 17.8 Å². The number of aliphatic hydroxyl groups is 1. The molecule has 3 N–H and O–H groups in total. The van der Waals surface area contributed by atoms with Gasteiger partial charge in [0.05, 0.1) is 26.4 Å². The van der Waals surface area contributed by atoms with Crippen molar-refractivity contribution in [2.75, 3.05) is 39.6 Å². The van der Waals surface area contributed by atoms with E-state index in [4.69, 9.17) is 37.0 Å². The van der Waals surface area contributed by atoms with Gasteiger partial charge >= 0.3 is 39.5 Å². The first-order chi connectivity index (χ1) is 45.3. The van der Waals surface area contributed by atoms with Gasteiger partial charge in [0.2, 0.25) is 0 Å².